The van der Waals surface area contributed by atoms with Crippen LogP contribution in [0, 0.1) is 0 Å². The van der Waals surface area contributed by atoms with E-state index in [4.69, 9.17) is 9.72 Å². The number of carbonyl (C=O) groups is 1. The lowest BCUT2D eigenvalue weighted by molar-refractivity contribution is -0.116. The summed E-state index contributed by atoms with van der Waals surface area (Å²) in [4.78, 5) is 37.3. The first-order valence-corrected chi connectivity index (χ1v) is 10.8. The third kappa shape index (κ3) is 5.44. The average molecular weight is 449 g/mol. The summed E-state index contributed by atoms with van der Waals surface area (Å²) in [7, 11) is 5.44. The van der Waals surface area contributed by atoms with Gasteiger partial charge in [-0.2, -0.15) is 0 Å². The maximum Gasteiger partial charge on any atom is 0.255 e. The molecule has 3 aromatic rings. The number of nitrogens with one attached hydrogen (secondary N) is 1. The number of pyridine rings is 1. The van der Waals surface area contributed by atoms with E-state index in [0.717, 1.165) is 16.8 Å². The molecule has 2 aromatic heterocycles. The fourth-order valence-electron chi connectivity index (χ4n) is 3.78. The summed E-state index contributed by atoms with van der Waals surface area (Å²) in [6, 6.07) is 12.9. The molecule has 1 amide bonds. The molecule has 0 saturated carbocycles. The maximum atomic E-state index is 12.6. The Morgan fingerprint density at radius 1 is 1.18 bits per heavy atom. The number of aromatic nitrogens is 3. The number of benzene rings is 1. The Hall–Kier alpha value is -3.56. The van der Waals surface area contributed by atoms with E-state index < -0.39 is 0 Å². The smallest absolute Gasteiger partial charge is 0.255 e. The first kappa shape index (κ1) is 22.6. The molecule has 1 aliphatic heterocycles. The highest BCUT2D eigenvalue weighted by atomic mass is 16.5. The first-order valence-electron chi connectivity index (χ1n) is 10.8. The van der Waals surface area contributed by atoms with Crippen LogP contribution in [0.25, 0.3) is 11.3 Å². The molecule has 0 aliphatic carbocycles. The highest BCUT2D eigenvalue weighted by Crippen LogP contribution is 2.27. The van der Waals surface area contributed by atoms with Gasteiger partial charge in [0.05, 0.1) is 25.4 Å². The van der Waals surface area contributed by atoms with Crippen molar-refractivity contribution in [1.29, 1.82) is 0 Å². The lowest BCUT2D eigenvalue weighted by atomic mass is 10.1. The van der Waals surface area contributed by atoms with E-state index in [1.54, 1.807) is 30.1 Å². The number of likely N-dealkylation sites (N-methyl/N-ethyl adjacent to an activating group) is 1. The van der Waals surface area contributed by atoms with Crippen LogP contribution in [0.1, 0.15) is 11.7 Å². The van der Waals surface area contributed by atoms with Gasteiger partial charge in [-0.05, 0) is 43.9 Å². The van der Waals surface area contributed by atoms with Crippen molar-refractivity contribution < 1.29 is 9.53 Å². The van der Waals surface area contributed by atoms with Gasteiger partial charge in [0.25, 0.3) is 5.56 Å². The molecule has 9 nitrogen and oxygen atoms in total. The Kier molecular flexibility index (Phi) is 6.81. The molecule has 1 N–H and O–H groups in total. The fourth-order valence-corrected chi connectivity index (χ4v) is 3.78. The molecule has 0 spiro atoms. The van der Waals surface area contributed by atoms with Gasteiger partial charge in [0.15, 0.2) is 0 Å². The van der Waals surface area contributed by atoms with Crippen molar-refractivity contribution in [2.24, 2.45) is 7.05 Å². The van der Waals surface area contributed by atoms with E-state index in [2.05, 4.69) is 15.2 Å². The summed E-state index contributed by atoms with van der Waals surface area (Å²) in [6.07, 6.45) is 3.20. The Morgan fingerprint density at radius 2 is 1.91 bits per heavy atom. The van der Waals surface area contributed by atoms with Gasteiger partial charge in [0, 0.05) is 43.3 Å². The molecule has 9 heteroatoms. The molecule has 1 aliphatic rings. The second-order valence-electron chi connectivity index (χ2n) is 8.29. The molecule has 0 bridgehead atoms. The Morgan fingerprint density at radius 3 is 2.61 bits per heavy atom. The van der Waals surface area contributed by atoms with Gasteiger partial charge >= 0.3 is 0 Å². The lowest BCUT2D eigenvalue weighted by Crippen LogP contribution is -2.41. The van der Waals surface area contributed by atoms with Gasteiger partial charge in [0.2, 0.25) is 11.9 Å². The number of nitrogens with zero attached hydrogens (tertiary/aromatic N) is 5. The Balaban J connectivity index is 1.52. The maximum absolute atomic E-state index is 12.6. The van der Waals surface area contributed by atoms with Crippen molar-refractivity contribution in [3.05, 3.63) is 70.8 Å². The zero-order valence-electron chi connectivity index (χ0n) is 19.1. The van der Waals surface area contributed by atoms with E-state index in [9.17, 15) is 9.59 Å². The molecule has 0 unspecified atom stereocenters. The second kappa shape index (κ2) is 9.93. The van der Waals surface area contributed by atoms with Crippen molar-refractivity contribution in [2.45, 2.75) is 6.10 Å². The van der Waals surface area contributed by atoms with Gasteiger partial charge in [-0.15, -0.1) is 0 Å². The number of carbonyl (C=O) groups excluding carboxylic acids is 1. The summed E-state index contributed by atoms with van der Waals surface area (Å²) in [5, 5.41) is 2.89. The molecule has 3 heterocycles. The quantitative estimate of drug-likeness (QED) is 0.616. The van der Waals surface area contributed by atoms with Crippen LogP contribution in [0.4, 0.5) is 11.6 Å². The molecular formula is C24H28N6O3. The van der Waals surface area contributed by atoms with Crippen LogP contribution in [-0.4, -0.2) is 65.7 Å². The van der Waals surface area contributed by atoms with E-state index >= 15 is 0 Å². The van der Waals surface area contributed by atoms with E-state index in [0.29, 0.717) is 37.9 Å². The third-order valence-corrected chi connectivity index (χ3v) is 5.46. The Bertz CT molecular complexity index is 1160. The number of ether oxygens (including phenoxy) is 1. The minimum atomic E-state index is -0.174. The molecular weight excluding hydrogens is 420 g/mol. The van der Waals surface area contributed by atoms with Crippen LogP contribution in [-0.2, 0) is 16.6 Å². The lowest BCUT2D eigenvalue weighted by Gasteiger charge is -2.34. The predicted molar refractivity (Wildman–Crippen MR) is 127 cm³/mol. The molecule has 1 aromatic carbocycles. The van der Waals surface area contributed by atoms with E-state index in [-0.39, 0.29) is 17.6 Å². The number of amides is 1. The summed E-state index contributed by atoms with van der Waals surface area (Å²) in [6.45, 7) is 2.04. The summed E-state index contributed by atoms with van der Waals surface area (Å²) in [5.74, 6) is 0.545. The van der Waals surface area contributed by atoms with Crippen molar-refractivity contribution >= 4 is 17.5 Å². The van der Waals surface area contributed by atoms with Crippen LogP contribution in [0.5, 0.6) is 0 Å². The molecule has 1 saturated heterocycles. The van der Waals surface area contributed by atoms with Crippen LogP contribution < -0.4 is 15.8 Å². The average Bonchev–Trinajstić information content (AvgIpc) is 2.81. The van der Waals surface area contributed by atoms with Gasteiger partial charge < -0.3 is 19.9 Å². The summed E-state index contributed by atoms with van der Waals surface area (Å²) < 4.78 is 7.58. The van der Waals surface area contributed by atoms with Crippen LogP contribution in [0.2, 0.25) is 0 Å². The first-order chi connectivity index (χ1) is 15.9. The zero-order chi connectivity index (χ0) is 23.4. The molecule has 172 valence electrons. The normalized spacial score (nSPS) is 16.1. The van der Waals surface area contributed by atoms with Crippen molar-refractivity contribution in [3.63, 3.8) is 0 Å². The van der Waals surface area contributed by atoms with Crippen molar-refractivity contribution in [2.75, 3.05) is 50.6 Å². The molecule has 1 fully saturated rings. The third-order valence-electron chi connectivity index (χ3n) is 5.46. The van der Waals surface area contributed by atoms with Gasteiger partial charge in [-0.1, -0.05) is 12.1 Å². The van der Waals surface area contributed by atoms with E-state index in [1.807, 2.05) is 55.4 Å². The minimum absolute atomic E-state index is 0.0612. The van der Waals surface area contributed by atoms with Crippen LogP contribution in [0.3, 0.4) is 0 Å². The fraction of sp³-hybridized carbons (Fsp3) is 0.333. The summed E-state index contributed by atoms with van der Waals surface area (Å²) >= 11 is 0. The molecule has 4 rings (SSSR count). The topological polar surface area (TPSA) is 92.6 Å². The molecule has 0 radical (unpaired) electrons. The highest BCUT2D eigenvalue weighted by molar-refractivity contribution is 5.92. The minimum Gasteiger partial charge on any atom is -0.370 e. The Labute approximate surface area is 192 Å². The number of morpholine rings is 1. The summed E-state index contributed by atoms with van der Waals surface area (Å²) in [5.41, 5.74) is 3.10. The van der Waals surface area contributed by atoms with Crippen LogP contribution in [0.15, 0.2) is 59.7 Å². The second-order valence-corrected chi connectivity index (χ2v) is 8.29. The molecule has 1 atom stereocenters. The number of anilines is 2. The number of hydrogen-bond acceptors (Lipinski definition) is 7. The molecule has 33 heavy (non-hydrogen) atoms. The highest BCUT2D eigenvalue weighted by Gasteiger charge is 2.25. The zero-order valence-corrected chi connectivity index (χ0v) is 19.1. The van der Waals surface area contributed by atoms with E-state index in [1.165, 1.54) is 0 Å². The van der Waals surface area contributed by atoms with Gasteiger partial charge in [-0.25, -0.2) is 4.98 Å². The van der Waals surface area contributed by atoms with Gasteiger partial charge in [0.1, 0.15) is 6.10 Å². The standard InChI is InChI=1S/C24H28N6O3/c1-28(2)16-22(31)26-19-6-4-18(5-7-19)21-15-30(12-13-33-21)24-27-20(14-23(32)29(24)3)17-8-10-25-11-9-17/h4-11,14,21H,12-13,15-16H2,1-3H3,(H,26,31)/t21-/m1/s1. The van der Waals surface area contributed by atoms with Crippen molar-refractivity contribution in [3.8, 4) is 11.3 Å². The number of hydrogen-bond donors (Lipinski definition) is 1. The predicted octanol–water partition coefficient (Wildman–Crippen LogP) is 1.92. The SMILES string of the molecule is CN(C)CC(=O)Nc1ccc([C@H]2CN(c3nc(-c4ccncc4)cc(=O)n3C)CCO2)cc1. The van der Waals surface area contributed by atoms with Crippen LogP contribution >= 0.6 is 0 Å². The largest absolute Gasteiger partial charge is 0.370 e. The van der Waals surface area contributed by atoms with Crippen molar-refractivity contribution in [1.82, 2.24) is 19.4 Å². The van der Waals surface area contributed by atoms with Gasteiger partial charge in [-0.3, -0.25) is 19.1 Å². The monoisotopic (exact) mass is 448 g/mol. The number of rotatable bonds is 6.